The molecule has 0 saturated heterocycles. The van der Waals surface area contributed by atoms with Gasteiger partial charge in [0.1, 0.15) is 6.04 Å². The van der Waals surface area contributed by atoms with Crippen molar-refractivity contribution < 1.29 is 19.1 Å². The number of amides is 2. The highest BCUT2D eigenvalue weighted by molar-refractivity contribution is 6.21. The fraction of sp³-hybridized carbons (Fsp3) is 0.400. The van der Waals surface area contributed by atoms with Crippen molar-refractivity contribution in [2.24, 2.45) is 5.92 Å². The van der Waals surface area contributed by atoms with Gasteiger partial charge in [-0.25, -0.2) is 10.4 Å². The Hall–Kier alpha value is -2.21. The average Bonchev–Trinajstić information content (AvgIpc) is 2.71. The summed E-state index contributed by atoms with van der Waals surface area (Å²) in [4.78, 5) is 36.2. The lowest BCUT2D eigenvalue weighted by atomic mass is 10.0. The number of hydrazine groups is 1. The van der Waals surface area contributed by atoms with E-state index in [0.29, 0.717) is 17.5 Å². The molecule has 1 aromatic carbocycles. The van der Waals surface area contributed by atoms with Gasteiger partial charge < -0.3 is 4.74 Å². The molecule has 1 aromatic rings. The molecule has 0 aliphatic carbocycles. The van der Waals surface area contributed by atoms with Crippen molar-refractivity contribution in [3.05, 3.63) is 35.4 Å². The van der Waals surface area contributed by atoms with Gasteiger partial charge in [0.2, 0.25) is 0 Å². The van der Waals surface area contributed by atoms with Crippen LogP contribution in [0.15, 0.2) is 24.3 Å². The van der Waals surface area contributed by atoms with Crippen LogP contribution in [0.2, 0.25) is 0 Å². The third kappa shape index (κ3) is 2.95. The third-order valence-corrected chi connectivity index (χ3v) is 3.27. The van der Waals surface area contributed by atoms with Crippen LogP contribution in [0.1, 0.15) is 41.0 Å². The van der Waals surface area contributed by atoms with Crippen LogP contribution in [-0.4, -0.2) is 35.9 Å². The summed E-state index contributed by atoms with van der Waals surface area (Å²) in [6.45, 7) is 3.89. The predicted octanol–water partition coefficient (Wildman–Crippen LogP) is 1.37. The normalized spacial score (nSPS) is 15.3. The molecule has 6 nitrogen and oxygen atoms in total. The minimum Gasteiger partial charge on any atom is -0.468 e. The molecule has 6 heteroatoms. The Morgan fingerprint density at radius 1 is 1.19 bits per heavy atom. The van der Waals surface area contributed by atoms with Gasteiger partial charge in [0.25, 0.3) is 11.8 Å². The Kier molecular flexibility index (Phi) is 4.37. The van der Waals surface area contributed by atoms with Gasteiger partial charge in [-0.3, -0.25) is 14.4 Å². The molecule has 0 unspecified atom stereocenters. The molecule has 112 valence electrons. The van der Waals surface area contributed by atoms with Crippen molar-refractivity contribution in [1.29, 1.82) is 0 Å². The van der Waals surface area contributed by atoms with Crippen LogP contribution >= 0.6 is 0 Å². The highest BCUT2D eigenvalue weighted by Crippen LogP contribution is 2.21. The van der Waals surface area contributed by atoms with Crippen LogP contribution < -0.4 is 5.43 Å². The van der Waals surface area contributed by atoms with Crippen molar-refractivity contribution in [3.8, 4) is 0 Å². The number of hydrogen-bond donors (Lipinski definition) is 1. The largest absolute Gasteiger partial charge is 0.468 e. The monoisotopic (exact) mass is 290 g/mol. The number of hydrogen-bond acceptors (Lipinski definition) is 5. The maximum Gasteiger partial charge on any atom is 0.324 e. The Morgan fingerprint density at radius 3 is 2.14 bits per heavy atom. The van der Waals surface area contributed by atoms with E-state index in [2.05, 4.69) is 5.43 Å². The number of fused-ring (bicyclic) bond motifs is 1. The maximum atomic E-state index is 12.2. The van der Waals surface area contributed by atoms with Crippen molar-refractivity contribution in [2.45, 2.75) is 26.3 Å². The third-order valence-electron chi connectivity index (χ3n) is 3.27. The molecule has 0 fully saturated rings. The number of imide groups is 1. The summed E-state index contributed by atoms with van der Waals surface area (Å²) in [5.74, 6) is -1.20. The Morgan fingerprint density at radius 2 is 1.71 bits per heavy atom. The van der Waals surface area contributed by atoms with Crippen molar-refractivity contribution in [1.82, 2.24) is 10.4 Å². The summed E-state index contributed by atoms with van der Waals surface area (Å²) >= 11 is 0. The Bertz CT molecular complexity index is 548. The van der Waals surface area contributed by atoms with Gasteiger partial charge in [-0.1, -0.05) is 26.0 Å². The minimum absolute atomic E-state index is 0.205. The number of benzene rings is 1. The zero-order valence-electron chi connectivity index (χ0n) is 12.3. The quantitative estimate of drug-likeness (QED) is 0.655. The summed E-state index contributed by atoms with van der Waals surface area (Å²) in [7, 11) is 1.28. The van der Waals surface area contributed by atoms with E-state index in [-0.39, 0.29) is 5.92 Å². The first-order valence-electron chi connectivity index (χ1n) is 6.77. The summed E-state index contributed by atoms with van der Waals surface area (Å²) in [6.07, 6.45) is 0.458. The van der Waals surface area contributed by atoms with Gasteiger partial charge in [0.15, 0.2) is 0 Å². The molecule has 2 rings (SSSR count). The van der Waals surface area contributed by atoms with E-state index in [1.54, 1.807) is 24.3 Å². The lowest BCUT2D eigenvalue weighted by molar-refractivity contribution is -0.144. The summed E-state index contributed by atoms with van der Waals surface area (Å²) in [5, 5.41) is 0.897. The van der Waals surface area contributed by atoms with Crippen LogP contribution in [0.25, 0.3) is 0 Å². The standard InChI is InChI=1S/C15H18N2O4/c1-9(2)8-12(15(20)21-3)16-17-13(18)10-6-4-5-7-11(10)14(17)19/h4-7,9,12,16H,8H2,1-3H3/t12-/m1/s1. The number of methoxy groups -OCH3 is 1. The second-order valence-corrected chi connectivity index (χ2v) is 5.33. The maximum absolute atomic E-state index is 12.2. The van der Waals surface area contributed by atoms with Crippen molar-refractivity contribution >= 4 is 17.8 Å². The number of carbonyl (C=O) groups is 3. The average molecular weight is 290 g/mol. The Labute approximate surface area is 123 Å². The van der Waals surface area contributed by atoms with Crippen LogP contribution in [0.5, 0.6) is 0 Å². The first kappa shape index (κ1) is 15.2. The lowest BCUT2D eigenvalue weighted by Gasteiger charge is -2.23. The highest BCUT2D eigenvalue weighted by Gasteiger charge is 2.38. The number of carbonyl (C=O) groups excluding carboxylic acids is 3. The van der Waals surface area contributed by atoms with E-state index in [1.165, 1.54) is 7.11 Å². The summed E-state index contributed by atoms with van der Waals surface area (Å²) in [5.41, 5.74) is 3.38. The smallest absolute Gasteiger partial charge is 0.324 e. The SMILES string of the molecule is COC(=O)[C@@H](CC(C)C)NN1C(=O)c2ccccc2C1=O. The molecule has 0 bridgehead atoms. The van der Waals surface area contributed by atoms with Crippen LogP contribution in [0.3, 0.4) is 0 Å². The van der Waals surface area contributed by atoms with Gasteiger partial charge >= 0.3 is 5.97 Å². The van der Waals surface area contributed by atoms with Gasteiger partial charge in [-0.05, 0) is 24.5 Å². The molecular weight excluding hydrogens is 272 g/mol. The molecule has 0 saturated carbocycles. The molecule has 1 atom stereocenters. The van der Waals surface area contributed by atoms with E-state index in [9.17, 15) is 14.4 Å². The van der Waals surface area contributed by atoms with E-state index in [4.69, 9.17) is 4.74 Å². The van der Waals surface area contributed by atoms with Crippen LogP contribution in [-0.2, 0) is 9.53 Å². The van der Waals surface area contributed by atoms with Crippen molar-refractivity contribution in [3.63, 3.8) is 0 Å². The number of esters is 1. The van der Waals surface area contributed by atoms with E-state index in [0.717, 1.165) is 5.01 Å². The number of nitrogens with zero attached hydrogens (tertiary/aromatic N) is 1. The van der Waals surface area contributed by atoms with Gasteiger partial charge in [0, 0.05) is 0 Å². The molecule has 1 aliphatic heterocycles. The zero-order chi connectivity index (χ0) is 15.6. The van der Waals surface area contributed by atoms with E-state index in [1.807, 2.05) is 13.8 Å². The molecule has 2 amide bonds. The second kappa shape index (κ2) is 6.05. The van der Waals surface area contributed by atoms with Gasteiger partial charge in [-0.15, -0.1) is 0 Å². The van der Waals surface area contributed by atoms with Crippen LogP contribution in [0.4, 0.5) is 0 Å². The topological polar surface area (TPSA) is 75.7 Å². The lowest BCUT2D eigenvalue weighted by Crippen LogP contribution is -2.51. The Balaban J connectivity index is 2.21. The van der Waals surface area contributed by atoms with E-state index >= 15 is 0 Å². The fourth-order valence-electron chi connectivity index (χ4n) is 2.28. The van der Waals surface area contributed by atoms with Gasteiger partial charge in [-0.2, -0.15) is 0 Å². The minimum atomic E-state index is -0.739. The summed E-state index contributed by atoms with van der Waals surface area (Å²) in [6, 6.07) is 5.83. The molecule has 1 N–H and O–H groups in total. The molecule has 1 aliphatic rings. The van der Waals surface area contributed by atoms with E-state index < -0.39 is 23.8 Å². The molecule has 1 heterocycles. The zero-order valence-corrected chi connectivity index (χ0v) is 12.3. The molecule has 0 radical (unpaired) electrons. The molecule has 0 aromatic heterocycles. The fourth-order valence-corrected chi connectivity index (χ4v) is 2.28. The van der Waals surface area contributed by atoms with Crippen molar-refractivity contribution in [2.75, 3.05) is 7.11 Å². The first-order chi connectivity index (χ1) is 9.95. The highest BCUT2D eigenvalue weighted by atomic mass is 16.5. The predicted molar refractivity (Wildman–Crippen MR) is 75.3 cm³/mol. The molecular formula is C15H18N2O4. The van der Waals surface area contributed by atoms with Crippen LogP contribution in [0, 0.1) is 5.92 Å². The summed E-state index contributed by atoms with van der Waals surface area (Å²) < 4.78 is 4.72. The molecule has 0 spiro atoms. The first-order valence-corrected chi connectivity index (χ1v) is 6.77. The number of rotatable bonds is 5. The second-order valence-electron chi connectivity index (χ2n) is 5.33. The van der Waals surface area contributed by atoms with Gasteiger partial charge in [0.05, 0.1) is 18.2 Å². The molecule has 21 heavy (non-hydrogen) atoms. The number of nitrogens with one attached hydrogen (secondary N) is 1. The number of ether oxygens (including phenoxy) is 1.